The van der Waals surface area contributed by atoms with E-state index in [1.54, 1.807) is 18.7 Å². The van der Waals surface area contributed by atoms with Crippen molar-refractivity contribution in [2.45, 2.75) is 20.4 Å². The Hall–Kier alpha value is -3.47. The highest BCUT2D eigenvalue weighted by Crippen LogP contribution is 2.22. The minimum Gasteiger partial charge on any atom is -0.348 e. The first-order valence-electron chi connectivity index (χ1n) is 8.83. The van der Waals surface area contributed by atoms with Gasteiger partial charge in [-0.1, -0.05) is 23.8 Å². The Kier molecular flexibility index (Phi) is 4.42. The molecule has 2 aromatic carbocycles. The van der Waals surface area contributed by atoms with E-state index in [-0.39, 0.29) is 5.91 Å². The van der Waals surface area contributed by atoms with Gasteiger partial charge in [-0.25, -0.2) is 4.98 Å². The van der Waals surface area contributed by atoms with E-state index < -0.39 is 0 Å². The summed E-state index contributed by atoms with van der Waals surface area (Å²) in [6.45, 7) is 4.62. The molecular formula is C22H20N4O. The molecule has 0 bridgehead atoms. The lowest BCUT2D eigenvalue weighted by Gasteiger charge is -2.09. The van der Waals surface area contributed by atoms with Crippen molar-refractivity contribution in [3.63, 3.8) is 0 Å². The SMILES string of the molecule is Cc1ccc(-n2cnc3cc(C(=O)NCc4cccnc4)ccc32)c(C)c1. The van der Waals surface area contributed by atoms with Crippen LogP contribution in [-0.2, 0) is 6.54 Å². The van der Waals surface area contributed by atoms with Crippen LogP contribution in [0.5, 0.6) is 0 Å². The van der Waals surface area contributed by atoms with Gasteiger partial charge in [0.05, 0.1) is 16.7 Å². The van der Waals surface area contributed by atoms with Gasteiger partial charge in [0, 0.05) is 24.5 Å². The van der Waals surface area contributed by atoms with Crippen LogP contribution in [0.2, 0.25) is 0 Å². The Morgan fingerprint density at radius 1 is 1.11 bits per heavy atom. The van der Waals surface area contributed by atoms with Crippen LogP contribution >= 0.6 is 0 Å². The maximum absolute atomic E-state index is 12.5. The lowest BCUT2D eigenvalue weighted by Crippen LogP contribution is -2.22. The van der Waals surface area contributed by atoms with E-state index in [2.05, 4.69) is 51.9 Å². The molecule has 27 heavy (non-hydrogen) atoms. The number of fused-ring (bicyclic) bond motifs is 1. The molecule has 2 aromatic heterocycles. The molecule has 4 aromatic rings. The Labute approximate surface area is 157 Å². The summed E-state index contributed by atoms with van der Waals surface area (Å²) in [5, 5.41) is 2.92. The van der Waals surface area contributed by atoms with Crippen LogP contribution in [0.25, 0.3) is 16.7 Å². The largest absolute Gasteiger partial charge is 0.348 e. The number of nitrogens with zero attached hydrogens (tertiary/aromatic N) is 3. The van der Waals surface area contributed by atoms with Gasteiger partial charge in [-0.2, -0.15) is 0 Å². The number of imidazole rings is 1. The van der Waals surface area contributed by atoms with E-state index in [0.717, 1.165) is 22.3 Å². The smallest absolute Gasteiger partial charge is 0.251 e. The number of aromatic nitrogens is 3. The van der Waals surface area contributed by atoms with E-state index in [4.69, 9.17) is 0 Å². The monoisotopic (exact) mass is 356 g/mol. The summed E-state index contributed by atoms with van der Waals surface area (Å²) in [7, 11) is 0. The lowest BCUT2D eigenvalue weighted by molar-refractivity contribution is 0.0951. The molecule has 5 heteroatoms. The summed E-state index contributed by atoms with van der Waals surface area (Å²) in [4.78, 5) is 21.0. The maximum Gasteiger partial charge on any atom is 0.251 e. The number of pyridine rings is 1. The van der Waals surface area contributed by atoms with Gasteiger partial charge in [0.2, 0.25) is 0 Å². The topological polar surface area (TPSA) is 59.8 Å². The molecule has 4 rings (SSSR count). The van der Waals surface area contributed by atoms with Crippen molar-refractivity contribution < 1.29 is 4.79 Å². The van der Waals surface area contributed by atoms with E-state index in [1.165, 1.54) is 11.1 Å². The molecule has 0 aliphatic heterocycles. The summed E-state index contributed by atoms with van der Waals surface area (Å²) < 4.78 is 2.06. The van der Waals surface area contributed by atoms with Crippen molar-refractivity contribution in [3.8, 4) is 5.69 Å². The summed E-state index contributed by atoms with van der Waals surface area (Å²) in [6, 6.07) is 15.7. The van der Waals surface area contributed by atoms with Gasteiger partial charge in [-0.15, -0.1) is 0 Å². The molecule has 0 saturated carbocycles. The molecule has 1 amide bonds. The van der Waals surface area contributed by atoms with Crippen molar-refractivity contribution in [2.75, 3.05) is 0 Å². The van der Waals surface area contributed by atoms with Crippen LogP contribution in [0.3, 0.4) is 0 Å². The molecule has 0 fully saturated rings. The standard InChI is InChI=1S/C22H20N4O/c1-15-5-7-20(16(2)10-15)26-14-25-19-11-18(6-8-21(19)26)22(27)24-13-17-4-3-9-23-12-17/h3-12,14H,13H2,1-2H3,(H,24,27). The first kappa shape index (κ1) is 17.0. The van der Waals surface area contributed by atoms with Crippen LogP contribution in [0, 0.1) is 13.8 Å². The van der Waals surface area contributed by atoms with Gasteiger partial charge < -0.3 is 5.32 Å². The van der Waals surface area contributed by atoms with Crippen molar-refractivity contribution >= 4 is 16.9 Å². The third kappa shape index (κ3) is 3.44. The highest BCUT2D eigenvalue weighted by atomic mass is 16.1. The highest BCUT2D eigenvalue weighted by Gasteiger charge is 2.11. The van der Waals surface area contributed by atoms with E-state index in [9.17, 15) is 4.79 Å². The number of amides is 1. The fraction of sp³-hybridized carbons (Fsp3) is 0.136. The minimum atomic E-state index is -0.123. The summed E-state index contributed by atoms with van der Waals surface area (Å²) in [6.07, 6.45) is 5.26. The highest BCUT2D eigenvalue weighted by molar-refractivity contribution is 5.97. The van der Waals surface area contributed by atoms with Gasteiger partial charge in [-0.3, -0.25) is 14.3 Å². The Morgan fingerprint density at radius 2 is 2.00 bits per heavy atom. The zero-order valence-electron chi connectivity index (χ0n) is 15.3. The molecule has 0 radical (unpaired) electrons. The number of rotatable bonds is 4. The van der Waals surface area contributed by atoms with E-state index in [0.29, 0.717) is 12.1 Å². The second-order valence-electron chi connectivity index (χ2n) is 6.65. The van der Waals surface area contributed by atoms with Gasteiger partial charge in [-0.05, 0) is 55.3 Å². The molecule has 5 nitrogen and oxygen atoms in total. The predicted octanol–water partition coefficient (Wildman–Crippen LogP) is 3.97. The number of carbonyl (C=O) groups excluding carboxylic acids is 1. The van der Waals surface area contributed by atoms with Crippen LogP contribution in [0.4, 0.5) is 0 Å². The van der Waals surface area contributed by atoms with Crippen molar-refractivity contribution in [1.29, 1.82) is 0 Å². The molecule has 0 unspecified atom stereocenters. The molecule has 0 atom stereocenters. The van der Waals surface area contributed by atoms with Crippen molar-refractivity contribution in [1.82, 2.24) is 19.9 Å². The number of hydrogen-bond acceptors (Lipinski definition) is 3. The van der Waals surface area contributed by atoms with Crippen molar-refractivity contribution in [3.05, 3.63) is 89.5 Å². The van der Waals surface area contributed by atoms with Gasteiger partial charge in [0.25, 0.3) is 5.91 Å². The molecule has 0 spiro atoms. The lowest BCUT2D eigenvalue weighted by atomic mass is 10.1. The number of carbonyl (C=O) groups is 1. The number of aryl methyl sites for hydroxylation is 2. The molecule has 134 valence electrons. The fourth-order valence-corrected chi connectivity index (χ4v) is 3.21. The minimum absolute atomic E-state index is 0.123. The average molecular weight is 356 g/mol. The first-order valence-corrected chi connectivity index (χ1v) is 8.83. The second-order valence-corrected chi connectivity index (χ2v) is 6.65. The normalized spacial score (nSPS) is 10.9. The molecule has 0 aliphatic carbocycles. The van der Waals surface area contributed by atoms with Gasteiger partial charge in [0.15, 0.2) is 0 Å². The Bertz CT molecular complexity index is 1120. The molecule has 1 N–H and O–H groups in total. The number of benzene rings is 2. The predicted molar refractivity (Wildman–Crippen MR) is 106 cm³/mol. The third-order valence-electron chi connectivity index (χ3n) is 4.60. The van der Waals surface area contributed by atoms with Crippen LogP contribution in [0.15, 0.2) is 67.3 Å². The number of nitrogens with one attached hydrogen (secondary N) is 1. The van der Waals surface area contributed by atoms with Crippen LogP contribution in [-0.4, -0.2) is 20.4 Å². The molecule has 0 aliphatic rings. The van der Waals surface area contributed by atoms with Crippen LogP contribution < -0.4 is 5.32 Å². The first-order chi connectivity index (χ1) is 13.1. The van der Waals surface area contributed by atoms with Crippen molar-refractivity contribution in [2.24, 2.45) is 0 Å². The zero-order valence-corrected chi connectivity index (χ0v) is 15.3. The zero-order chi connectivity index (χ0) is 18.8. The fourth-order valence-electron chi connectivity index (χ4n) is 3.21. The molecule has 0 saturated heterocycles. The van der Waals surface area contributed by atoms with Gasteiger partial charge in [0.1, 0.15) is 6.33 Å². The van der Waals surface area contributed by atoms with Crippen LogP contribution in [0.1, 0.15) is 27.0 Å². The summed E-state index contributed by atoms with van der Waals surface area (Å²) in [5.41, 5.74) is 6.84. The molecule has 2 heterocycles. The third-order valence-corrected chi connectivity index (χ3v) is 4.60. The van der Waals surface area contributed by atoms with E-state index >= 15 is 0 Å². The summed E-state index contributed by atoms with van der Waals surface area (Å²) in [5.74, 6) is -0.123. The van der Waals surface area contributed by atoms with Gasteiger partial charge >= 0.3 is 0 Å². The Balaban J connectivity index is 1.59. The number of hydrogen-bond donors (Lipinski definition) is 1. The summed E-state index contributed by atoms with van der Waals surface area (Å²) >= 11 is 0. The average Bonchev–Trinajstić information content (AvgIpc) is 3.10. The molecular weight excluding hydrogens is 336 g/mol. The quantitative estimate of drug-likeness (QED) is 0.602. The Morgan fingerprint density at radius 3 is 2.78 bits per heavy atom. The van der Waals surface area contributed by atoms with E-state index in [1.807, 2.05) is 30.3 Å². The second kappa shape index (κ2) is 7.03. The maximum atomic E-state index is 12.5.